The molecule has 3 aromatic rings. The summed E-state index contributed by atoms with van der Waals surface area (Å²) in [6, 6.07) is 4.44. The van der Waals surface area contributed by atoms with Crippen molar-refractivity contribution in [2.75, 3.05) is 6.61 Å². The van der Waals surface area contributed by atoms with E-state index in [0.717, 1.165) is 24.5 Å². The van der Waals surface area contributed by atoms with Crippen molar-refractivity contribution in [2.24, 2.45) is 0 Å². The molecule has 1 fully saturated rings. The minimum absolute atomic E-state index is 0.0893. The van der Waals surface area contributed by atoms with Crippen LogP contribution in [-0.2, 0) is 4.74 Å². The van der Waals surface area contributed by atoms with Crippen LogP contribution in [0.15, 0.2) is 39.7 Å². The van der Waals surface area contributed by atoms with E-state index in [2.05, 4.69) is 0 Å². The molecule has 0 unspecified atom stereocenters. The highest BCUT2D eigenvalue weighted by molar-refractivity contribution is 5.91. The zero-order chi connectivity index (χ0) is 23.3. The first-order valence-electron chi connectivity index (χ1n) is 9.48. The molecule has 1 aliphatic rings. The molecular weight excluding hydrogens is 428 g/mol. The highest BCUT2D eigenvalue weighted by atomic mass is 16.5. The van der Waals surface area contributed by atoms with E-state index in [-0.39, 0.29) is 27.7 Å². The first kappa shape index (κ1) is 21.9. The molecule has 0 saturated carbocycles. The summed E-state index contributed by atoms with van der Waals surface area (Å²) in [5, 5.41) is 79.5. The van der Waals surface area contributed by atoms with Crippen molar-refractivity contribution in [1.29, 1.82) is 0 Å². The van der Waals surface area contributed by atoms with E-state index in [1.807, 2.05) is 0 Å². The molecule has 170 valence electrons. The normalized spacial score (nSPS) is 25.8. The molecule has 8 N–H and O–H groups in total. The van der Waals surface area contributed by atoms with Crippen LogP contribution in [0.5, 0.6) is 23.0 Å². The number of fused-ring (bicyclic) bond motifs is 1. The van der Waals surface area contributed by atoms with Gasteiger partial charge in [-0.2, -0.15) is 0 Å². The van der Waals surface area contributed by atoms with E-state index in [4.69, 9.17) is 9.15 Å². The number of aromatic hydroxyl groups is 4. The summed E-state index contributed by atoms with van der Waals surface area (Å²) in [6.45, 7) is -0.712. The molecule has 2 aromatic carbocycles. The lowest BCUT2D eigenvalue weighted by Crippen LogP contribution is -2.55. The average molecular weight is 448 g/mol. The monoisotopic (exact) mass is 448 g/mol. The van der Waals surface area contributed by atoms with Gasteiger partial charge in [0.1, 0.15) is 53.7 Å². The largest absolute Gasteiger partial charge is 0.507 e. The Bertz CT molecular complexity index is 1230. The zero-order valence-electron chi connectivity index (χ0n) is 16.3. The standard InChI is InChI=1S/C21H20O11/c22-5-13-17(28)18(29)19(30)21(32-13)15-12(26)4-11(25)14-16(27)8(6-31-20(14)15)7-1-2-9(23)10(24)3-7/h1-4,6,13,17-19,21-26,28-30H,5H2/t13-,17-,18+,19-,21+/m1/s1. The smallest absolute Gasteiger partial charge is 0.204 e. The van der Waals surface area contributed by atoms with Crippen LogP contribution in [0.1, 0.15) is 11.7 Å². The summed E-state index contributed by atoms with van der Waals surface area (Å²) in [7, 11) is 0. The van der Waals surface area contributed by atoms with Crippen LogP contribution in [0.3, 0.4) is 0 Å². The summed E-state index contributed by atoms with van der Waals surface area (Å²) in [4.78, 5) is 13.1. The van der Waals surface area contributed by atoms with E-state index in [1.165, 1.54) is 6.07 Å². The van der Waals surface area contributed by atoms with E-state index >= 15 is 0 Å². The summed E-state index contributed by atoms with van der Waals surface area (Å²) < 4.78 is 11.0. The molecule has 0 spiro atoms. The number of phenolic OH excluding ortho intramolecular Hbond substituents is 4. The number of benzene rings is 2. The minimum Gasteiger partial charge on any atom is -0.507 e. The van der Waals surface area contributed by atoms with Gasteiger partial charge < -0.3 is 50.0 Å². The van der Waals surface area contributed by atoms with Crippen molar-refractivity contribution in [3.8, 4) is 34.1 Å². The Balaban J connectivity index is 1.93. The van der Waals surface area contributed by atoms with Gasteiger partial charge in [0.25, 0.3) is 0 Å². The van der Waals surface area contributed by atoms with Gasteiger partial charge in [-0.25, -0.2) is 0 Å². The highest BCUT2D eigenvalue weighted by Crippen LogP contribution is 2.43. The van der Waals surface area contributed by atoms with Crippen LogP contribution >= 0.6 is 0 Å². The molecule has 32 heavy (non-hydrogen) atoms. The van der Waals surface area contributed by atoms with E-state index in [1.54, 1.807) is 0 Å². The van der Waals surface area contributed by atoms with Crippen LogP contribution in [0.4, 0.5) is 0 Å². The average Bonchev–Trinajstić information content (AvgIpc) is 2.75. The Labute approximate surface area is 179 Å². The highest BCUT2D eigenvalue weighted by Gasteiger charge is 2.46. The van der Waals surface area contributed by atoms with Crippen LogP contribution < -0.4 is 5.43 Å². The van der Waals surface area contributed by atoms with E-state index in [0.29, 0.717) is 0 Å². The molecule has 11 nitrogen and oxygen atoms in total. The third-order valence-corrected chi connectivity index (χ3v) is 5.51. The Hall–Kier alpha value is -3.35. The molecular formula is C21H20O11. The molecule has 1 aliphatic heterocycles. The Kier molecular flexibility index (Phi) is 5.44. The molecule has 11 heteroatoms. The quantitative estimate of drug-likeness (QED) is 0.247. The number of rotatable bonds is 3. The van der Waals surface area contributed by atoms with Crippen molar-refractivity contribution < 1.29 is 50.0 Å². The molecule has 0 bridgehead atoms. The summed E-state index contributed by atoms with van der Waals surface area (Å²) in [5.74, 6) is -2.17. The van der Waals surface area contributed by atoms with Crippen LogP contribution in [0.25, 0.3) is 22.1 Å². The van der Waals surface area contributed by atoms with Gasteiger partial charge in [0.2, 0.25) is 5.43 Å². The maximum absolute atomic E-state index is 13.1. The molecule has 5 atom stereocenters. The first-order chi connectivity index (χ1) is 15.1. The third-order valence-electron chi connectivity index (χ3n) is 5.51. The lowest BCUT2D eigenvalue weighted by Gasteiger charge is -2.40. The number of hydrogen-bond donors (Lipinski definition) is 8. The third kappa shape index (κ3) is 3.32. The van der Waals surface area contributed by atoms with Crippen LogP contribution in [-0.4, -0.2) is 71.9 Å². The lowest BCUT2D eigenvalue weighted by molar-refractivity contribution is -0.231. The fourth-order valence-corrected chi connectivity index (χ4v) is 3.80. The maximum atomic E-state index is 13.1. The Morgan fingerprint density at radius 3 is 2.22 bits per heavy atom. The fraction of sp³-hybridized carbons (Fsp3) is 0.286. The second-order valence-corrected chi connectivity index (χ2v) is 7.46. The van der Waals surface area contributed by atoms with Gasteiger partial charge in [0.05, 0.1) is 17.7 Å². The van der Waals surface area contributed by atoms with Gasteiger partial charge in [-0.3, -0.25) is 4.79 Å². The number of aliphatic hydroxyl groups excluding tert-OH is 4. The van der Waals surface area contributed by atoms with Gasteiger partial charge in [0.15, 0.2) is 17.1 Å². The Morgan fingerprint density at radius 2 is 1.56 bits per heavy atom. The Morgan fingerprint density at radius 1 is 0.844 bits per heavy atom. The number of hydrogen-bond acceptors (Lipinski definition) is 11. The summed E-state index contributed by atoms with van der Waals surface area (Å²) in [5.41, 5.74) is -1.33. The molecule has 0 radical (unpaired) electrons. The fourth-order valence-electron chi connectivity index (χ4n) is 3.80. The molecule has 1 aromatic heterocycles. The zero-order valence-corrected chi connectivity index (χ0v) is 16.3. The molecule has 0 aliphatic carbocycles. The molecule has 0 amide bonds. The molecule has 2 heterocycles. The number of ether oxygens (including phenoxy) is 1. The minimum atomic E-state index is -1.77. The molecule has 4 rings (SSSR count). The van der Waals surface area contributed by atoms with Crippen LogP contribution in [0, 0.1) is 0 Å². The topological polar surface area (TPSA) is 201 Å². The second kappa shape index (κ2) is 7.97. The van der Waals surface area contributed by atoms with Gasteiger partial charge in [-0.1, -0.05) is 6.07 Å². The van der Waals surface area contributed by atoms with Crippen molar-refractivity contribution in [3.05, 3.63) is 46.3 Å². The summed E-state index contributed by atoms with van der Waals surface area (Å²) in [6.07, 6.45) is -6.99. The van der Waals surface area contributed by atoms with Gasteiger partial charge >= 0.3 is 0 Å². The predicted molar refractivity (Wildman–Crippen MR) is 107 cm³/mol. The maximum Gasteiger partial charge on any atom is 0.204 e. The number of aliphatic hydroxyl groups is 4. The van der Waals surface area contributed by atoms with Gasteiger partial charge in [-0.15, -0.1) is 0 Å². The van der Waals surface area contributed by atoms with E-state index in [9.17, 15) is 45.6 Å². The van der Waals surface area contributed by atoms with Crippen molar-refractivity contribution in [3.63, 3.8) is 0 Å². The SMILES string of the molecule is O=c1c(-c2ccc(O)c(O)c2)coc2c([C@@H]3O[C@H](CO)[C@@H](O)[C@H](O)[C@H]3O)c(O)cc(O)c12. The summed E-state index contributed by atoms with van der Waals surface area (Å²) >= 11 is 0. The predicted octanol–water partition coefficient (Wildman–Crippen LogP) is -0.203. The van der Waals surface area contributed by atoms with Crippen molar-refractivity contribution in [1.82, 2.24) is 0 Å². The number of phenols is 4. The van der Waals surface area contributed by atoms with Crippen LogP contribution in [0.2, 0.25) is 0 Å². The van der Waals surface area contributed by atoms with E-state index < -0.39 is 65.6 Å². The second-order valence-electron chi connectivity index (χ2n) is 7.46. The van der Waals surface area contributed by atoms with Gasteiger partial charge in [0, 0.05) is 6.07 Å². The van der Waals surface area contributed by atoms with Gasteiger partial charge in [-0.05, 0) is 17.7 Å². The van der Waals surface area contributed by atoms with Crippen molar-refractivity contribution >= 4 is 11.0 Å². The molecule has 1 saturated heterocycles. The van der Waals surface area contributed by atoms with Crippen molar-refractivity contribution in [2.45, 2.75) is 30.5 Å². The lowest BCUT2D eigenvalue weighted by atomic mass is 9.89. The first-order valence-corrected chi connectivity index (χ1v) is 9.48.